The van der Waals surface area contributed by atoms with E-state index < -0.39 is 10.2 Å². The van der Waals surface area contributed by atoms with Crippen LogP contribution >= 0.6 is 0 Å². The first-order valence-corrected chi connectivity index (χ1v) is 10.5. The molecule has 1 fully saturated rings. The highest BCUT2D eigenvalue weighted by atomic mass is 32.2. The molecule has 1 saturated heterocycles. The van der Waals surface area contributed by atoms with Gasteiger partial charge >= 0.3 is 0 Å². The number of rotatable bonds is 5. The van der Waals surface area contributed by atoms with Gasteiger partial charge in [0.25, 0.3) is 10.2 Å². The van der Waals surface area contributed by atoms with Crippen molar-refractivity contribution < 1.29 is 13.2 Å². The molecule has 2 aromatic rings. The Morgan fingerprint density at radius 2 is 1.85 bits per heavy atom. The quantitative estimate of drug-likeness (QED) is 0.868. The predicted molar refractivity (Wildman–Crippen MR) is 97.9 cm³/mol. The summed E-state index contributed by atoms with van der Waals surface area (Å²) < 4.78 is 34.9. The molecule has 0 radical (unpaired) electrons. The molecule has 1 atom stereocenters. The van der Waals surface area contributed by atoms with Gasteiger partial charge in [-0.15, -0.1) is 0 Å². The Kier molecular flexibility index (Phi) is 4.73. The Morgan fingerprint density at radius 3 is 2.58 bits per heavy atom. The van der Waals surface area contributed by atoms with Crippen molar-refractivity contribution in [3.8, 4) is 5.75 Å². The molecule has 1 N–H and O–H groups in total. The lowest BCUT2D eigenvalue weighted by Gasteiger charge is -2.30. The van der Waals surface area contributed by atoms with Gasteiger partial charge in [-0.2, -0.15) is 22.1 Å². The smallest absolute Gasteiger partial charge is 0.282 e. The van der Waals surface area contributed by atoms with E-state index in [0.29, 0.717) is 32.6 Å². The van der Waals surface area contributed by atoms with Crippen LogP contribution in [0, 0.1) is 0 Å². The fourth-order valence-corrected chi connectivity index (χ4v) is 5.33. The molecule has 0 amide bonds. The molecule has 1 unspecified atom stereocenters. The van der Waals surface area contributed by atoms with E-state index in [1.165, 1.54) is 0 Å². The number of nitrogens with one attached hydrogen (secondary N) is 1. The van der Waals surface area contributed by atoms with E-state index in [9.17, 15) is 8.42 Å². The molecule has 140 valence electrons. The zero-order chi connectivity index (χ0) is 18.1. The van der Waals surface area contributed by atoms with Crippen LogP contribution in [0.2, 0.25) is 0 Å². The fourth-order valence-electron chi connectivity index (χ4n) is 3.67. The maximum absolute atomic E-state index is 12.9. The lowest BCUT2D eigenvalue weighted by atomic mass is 10.0. The zero-order valence-electron chi connectivity index (χ0n) is 14.9. The average Bonchev–Trinajstić information content (AvgIpc) is 3.32. The summed E-state index contributed by atoms with van der Waals surface area (Å²) in [4.78, 5) is 0. The zero-order valence-corrected chi connectivity index (χ0v) is 15.7. The molecular weight excluding hydrogens is 352 g/mol. The van der Waals surface area contributed by atoms with Gasteiger partial charge in [-0.25, -0.2) is 0 Å². The highest BCUT2D eigenvalue weighted by Gasteiger charge is 2.36. The molecule has 3 heterocycles. The summed E-state index contributed by atoms with van der Waals surface area (Å²) in [5, 5.41) is 7.49. The average molecular weight is 376 g/mol. The van der Waals surface area contributed by atoms with Crippen LogP contribution in [0.25, 0.3) is 0 Å². The number of benzene rings is 1. The summed E-state index contributed by atoms with van der Waals surface area (Å²) in [6, 6.07) is 9.59. The van der Waals surface area contributed by atoms with Crippen molar-refractivity contribution in [2.75, 3.05) is 19.6 Å². The third-order valence-corrected chi connectivity index (χ3v) is 7.07. The van der Waals surface area contributed by atoms with Crippen LogP contribution in [0.5, 0.6) is 5.75 Å². The van der Waals surface area contributed by atoms with E-state index in [2.05, 4.69) is 10.2 Å². The van der Waals surface area contributed by atoms with Gasteiger partial charge in [-0.05, 0) is 31.9 Å². The van der Waals surface area contributed by atoms with Gasteiger partial charge < -0.3 is 4.74 Å². The first-order chi connectivity index (χ1) is 12.6. The maximum Gasteiger partial charge on any atom is 0.282 e. The molecule has 1 aromatic carbocycles. The van der Waals surface area contributed by atoms with Gasteiger partial charge in [-0.1, -0.05) is 18.2 Å². The fraction of sp³-hybridized carbons (Fsp3) is 0.500. The van der Waals surface area contributed by atoms with E-state index in [0.717, 1.165) is 35.5 Å². The lowest BCUT2D eigenvalue weighted by molar-refractivity contribution is 0.219. The van der Waals surface area contributed by atoms with E-state index in [1.807, 2.05) is 37.3 Å². The Bertz CT molecular complexity index is 860. The number of hydrogen-bond donors (Lipinski definition) is 1. The largest absolute Gasteiger partial charge is 0.484 e. The number of hydrogen-bond acceptors (Lipinski definition) is 4. The second kappa shape index (κ2) is 7.02. The van der Waals surface area contributed by atoms with Crippen LogP contribution in [-0.4, -0.2) is 46.9 Å². The van der Waals surface area contributed by atoms with Gasteiger partial charge in [0.1, 0.15) is 17.5 Å². The van der Waals surface area contributed by atoms with Crippen molar-refractivity contribution >= 4 is 10.2 Å². The molecule has 7 nitrogen and oxygen atoms in total. The van der Waals surface area contributed by atoms with Crippen LogP contribution in [0.4, 0.5) is 0 Å². The number of H-pyrrole nitrogens is 1. The highest BCUT2D eigenvalue weighted by molar-refractivity contribution is 7.86. The van der Waals surface area contributed by atoms with Crippen LogP contribution in [0.3, 0.4) is 0 Å². The third-order valence-electron chi connectivity index (χ3n) is 5.09. The summed E-state index contributed by atoms with van der Waals surface area (Å²) in [5.74, 6) is 0.772. The molecule has 0 aliphatic carbocycles. The van der Waals surface area contributed by atoms with Crippen LogP contribution in [0.1, 0.15) is 42.8 Å². The second-order valence-corrected chi connectivity index (χ2v) is 8.77. The van der Waals surface area contributed by atoms with Crippen LogP contribution in [0.15, 0.2) is 30.3 Å². The Morgan fingerprint density at radius 1 is 1.12 bits per heavy atom. The molecule has 8 heteroatoms. The van der Waals surface area contributed by atoms with E-state index >= 15 is 0 Å². The molecule has 0 saturated carbocycles. The molecule has 26 heavy (non-hydrogen) atoms. The summed E-state index contributed by atoms with van der Waals surface area (Å²) >= 11 is 0. The van der Waals surface area contributed by atoms with Crippen molar-refractivity contribution in [2.45, 2.75) is 38.8 Å². The first kappa shape index (κ1) is 17.5. The maximum atomic E-state index is 12.9. The predicted octanol–water partition coefficient (Wildman–Crippen LogP) is 2.25. The molecule has 1 aromatic heterocycles. The van der Waals surface area contributed by atoms with Gasteiger partial charge in [0.2, 0.25) is 0 Å². The van der Waals surface area contributed by atoms with Crippen molar-refractivity contribution in [3.63, 3.8) is 0 Å². The molecule has 4 rings (SSSR count). The normalized spacial score (nSPS) is 20.0. The van der Waals surface area contributed by atoms with Gasteiger partial charge in [0, 0.05) is 43.9 Å². The molecule has 2 aliphatic rings. The summed E-state index contributed by atoms with van der Waals surface area (Å²) in [6.45, 7) is 4.02. The number of aromatic amines is 1. The number of ether oxygens (including phenoxy) is 1. The summed E-state index contributed by atoms with van der Waals surface area (Å²) in [5.41, 5.74) is 2.74. The highest BCUT2D eigenvalue weighted by Crippen LogP contribution is 2.30. The van der Waals surface area contributed by atoms with Gasteiger partial charge in [-0.3, -0.25) is 5.10 Å². The van der Waals surface area contributed by atoms with Crippen molar-refractivity contribution in [1.82, 2.24) is 18.8 Å². The molecule has 0 spiro atoms. The van der Waals surface area contributed by atoms with E-state index in [-0.39, 0.29) is 6.10 Å². The number of para-hydroxylation sites is 1. The monoisotopic (exact) mass is 376 g/mol. The summed E-state index contributed by atoms with van der Waals surface area (Å²) in [6.07, 6.45) is 2.27. The standard InChI is InChI=1S/C18H24N4O3S/c1-14(25-15-7-3-2-4-8-15)18-16-13-22(12-9-17(16)19-20-18)26(23,24)21-10-5-6-11-21/h2-4,7-8,14H,5-6,9-13H2,1H3,(H,19,20). The lowest BCUT2D eigenvalue weighted by Crippen LogP contribution is -2.44. The van der Waals surface area contributed by atoms with Crippen molar-refractivity contribution in [1.29, 1.82) is 0 Å². The minimum Gasteiger partial charge on any atom is -0.484 e. The molecule has 2 aliphatic heterocycles. The first-order valence-electron chi connectivity index (χ1n) is 9.08. The Balaban J connectivity index is 1.54. The van der Waals surface area contributed by atoms with Crippen LogP contribution in [-0.2, 0) is 23.2 Å². The van der Waals surface area contributed by atoms with Gasteiger partial charge in [0.05, 0.1) is 0 Å². The number of nitrogens with zero attached hydrogens (tertiary/aromatic N) is 3. The summed E-state index contributed by atoms with van der Waals surface area (Å²) in [7, 11) is -3.40. The van der Waals surface area contributed by atoms with E-state index in [4.69, 9.17) is 4.74 Å². The van der Waals surface area contributed by atoms with Crippen LogP contribution < -0.4 is 4.74 Å². The third kappa shape index (κ3) is 3.24. The Hall–Kier alpha value is -1.90. The van der Waals surface area contributed by atoms with Crippen molar-refractivity contribution in [2.24, 2.45) is 0 Å². The van der Waals surface area contributed by atoms with Gasteiger partial charge in [0.15, 0.2) is 0 Å². The second-order valence-electron chi connectivity index (χ2n) is 6.84. The SMILES string of the molecule is CC(Oc1ccccc1)c1n[nH]c2c1CN(S(=O)(=O)N1CCCC1)CC2. The van der Waals surface area contributed by atoms with Crippen molar-refractivity contribution in [3.05, 3.63) is 47.3 Å². The van der Waals surface area contributed by atoms with E-state index in [1.54, 1.807) is 8.61 Å². The molecule has 0 bridgehead atoms. The topological polar surface area (TPSA) is 78.5 Å². The molecular formula is C18H24N4O3S. The number of fused-ring (bicyclic) bond motifs is 1. The minimum atomic E-state index is -3.40. The number of aromatic nitrogens is 2. The minimum absolute atomic E-state index is 0.258. The Labute approximate surface area is 154 Å².